The second-order valence-electron chi connectivity index (χ2n) is 6.44. The molecular formula is C17H26N2O2. The van der Waals surface area contributed by atoms with Gasteiger partial charge in [-0.15, -0.1) is 0 Å². The lowest BCUT2D eigenvalue weighted by Gasteiger charge is -2.37. The van der Waals surface area contributed by atoms with E-state index in [9.17, 15) is 4.79 Å². The van der Waals surface area contributed by atoms with Crippen LogP contribution >= 0.6 is 0 Å². The molecule has 0 aromatic heterocycles. The molecule has 1 saturated carbocycles. The molecule has 3 N–H and O–H groups in total. The Morgan fingerprint density at radius 2 is 2.24 bits per heavy atom. The van der Waals surface area contributed by atoms with Crippen LogP contribution in [0.4, 0.5) is 5.69 Å². The van der Waals surface area contributed by atoms with Gasteiger partial charge in [-0.05, 0) is 30.4 Å². The fourth-order valence-electron chi connectivity index (χ4n) is 3.05. The zero-order valence-corrected chi connectivity index (χ0v) is 13.0. The number of amides is 1. The molecule has 1 aromatic carbocycles. The maximum atomic E-state index is 12.5. The van der Waals surface area contributed by atoms with Gasteiger partial charge >= 0.3 is 0 Å². The fourth-order valence-corrected chi connectivity index (χ4v) is 3.05. The van der Waals surface area contributed by atoms with Crippen molar-refractivity contribution in [2.75, 3.05) is 18.5 Å². The zero-order chi connectivity index (χ0) is 15.3. The highest BCUT2D eigenvalue weighted by atomic mass is 16.5. The molecule has 0 radical (unpaired) electrons. The Morgan fingerprint density at radius 3 is 2.95 bits per heavy atom. The summed E-state index contributed by atoms with van der Waals surface area (Å²) in [6.07, 6.45) is 4.45. The Morgan fingerprint density at radius 1 is 1.43 bits per heavy atom. The summed E-state index contributed by atoms with van der Waals surface area (Å²) in [6, 6.07) is 7.50. The van der Waals surface area contributed by atoms with E-state index in [1.807, 2.05) is 24.3 Å². The summed E-state index contributed by atoms with van der Waals surface area (Å²) < 4.78 is 5.49. The fraction of sp³-hybridized carbons (Fsp3) is 0.588. The van der Waals surface area contributed by atoms with Gasteiger partial charge in [0.2, 0.25) is 5.91 Å². The minimum atomic E-state index is 0.0794. The lowest BCUT2D eigenvalue weighted by atomic mass is 9.68. The first kappa shape index (κ1) is 15.8. The van der Waals surface area contributed by atoms with Crippen molar-refractivity contribution in [1.82, 2.24) is 0 Å². The smallest absolute Gasteiger partial charge is 0.228 e. The number of carbonyl (C=O) groups excluding carboxylic acids is 1. The number of ether oxygens (including phenoxy) is 1. The second-order valence-corrected chi connectivity index (χ2v) is 6.44. The van der Waals surface area contributed by atoms with Crippen molar-refractivity contribution < 1.29 is 9.53 Å². The van der Waals surface area contributed by atoms with E-state index >= 15 is 0 Å². The molecule has 1 aliphatic carbocycles. The van der Waals surface area contributed by atoms with E-state index in [0.29, 0.717) is 13.2 Å². The maximum absolute atomic E-state index is 12.5. The van der Waals surface area contributed by atoms with Crippen LogP contribution in [0.25, 0.3) is 0 Å². The number of anilines is 1. The molecule has 0 spiro atoms. The van der Waals surface area contributed by atoms with Gasteiger partial charge in [-0.3, -0.25) is 4.79 Å². The highest BCUT2D eigenvalue weighted by Gasteiger charge is 2.37. The van der Waals surface area contributed by atoms with E-state index in [4.69, 9.17) is 10.5 Å². The van der Waals surface area contributed by atoms with Crippen LogP contribution in [0.1, 0.15) is 39.5 Å². The van der Waals surface area contributed by atoms with Crippen LogP contribution in [0.2, 0.25) is 0 Å². The lowest BCUT2D eigenvalue weighted by Crippen LogP contribution is -2.37. The molecule has 2 rings (SSSR count). The van der Waals surface area contributed by atoms with E-state index in [1.54, 1.807) is 0 Å². The van der Waals surface area contributed by atoms with Crippen LogP contribution in [0.3, 0.4) is 0 Å². The molecule has 1 amide bonds. The Bertz CT molecular complexity index is 485. The van der Waals surface area contributed by atoms with Crippen molar-refractivity contribution in [2.24, 2.45) is 17.1 Å². The number of nitrogens with one attached hydrogen (secondary N) is 1. The largest absolute Gasteiger partial charge is 0.492 e. The normalized spacial score (nSPS) is 20.8. The molecule has 21 heavy (non-hydrogen) atoms. The van der Waals surface area contributed by atoms with Crippen LogP contribution in [-0.4, -0.2) is 19.1 Å². The number of rotatable bonds is 5. The zero-order valence-electron chi connectivity index (χ0n) is 13.0. The number of hydrogen-bond donors (Lipinski definition) is 2. The summed E-state index contributed by atoms with van der Waals surface area (Å²) in [5.41, 5.74) is 6.29. The summed E-state index contributed by atoms with van der Waals surface area (Å²) in [7, 11) is 0. The van der Waals surface area contributed by atoms with Crippen LogP contribution in [-0.2, 0) is 4.79 Å². The Kier molecular flexibility index (Phi) is 5.23. The second kappa shape index (κ2) is 6.94. The quantitative estimate of drug-likeness (QED) is 0.875. The van der Waals surface area contributed by atoms with Crippen molar-refractivity contribution >= 4 is 11.6 Å². The van der Waals surface area contributed by atoms with Crippen LogP contribution in [0, 0.1) is 11.3 Å². The van der Waals surface area contributed by atoms with E-state index in [0.717, 1.165) is 30.7 Å². The molecule has 116 valence electrons. The number of benzene rings is 1. The van der Waals surface area contributed by atoms with Gasteiger partial charge in [0.25, 0.3) is 0 Å². The van der Waals surface area contributed by atoms with Gasteiger partial charge in [0.15, 0.2) is 0 Å². The van der Waals surface area contributed by atoms with Gasteiger partial charge in [-0.25, -0.2) is 0 Å². The Hall–Kier alpha value is -1.55. The molecule has 1 aromatic rings. The molecule has 1 fully saturated rings. The molecule has 1 atom stereocenters. The van der Waals surface area contributed by atoms with Gasteiger partial charge in [0, 0.05) is 24.2 Å². The average Bonchev–Trinajstić information content (AvgIpc) is 2.45. The van der Waals surface area contributed by atoms with Crippen molar-refractivity contribution in [3.05, 3.63) is 24.3 Å². The summed E-state index contributed by atoms with van der Waals surface area (Å²) in [6.45, 7) is 5.34. The number of nitrogens with two attached hydrogens (primary N) is 1. The first-order valence-corrected chi connectivity index (χ1v) is 7.77. The first-order chi connectivity index (χ1) is 10.0. The molecule has 4 nitrogen and oxygen atoms in total. The minimum absolute atomic E-state index is 0.0794. The number of carbonyl (C=O) groups is 1. The first-order valence-electron chi connectivity index (χ1n) is 7.77. The molecule has 0 aliphatic heterocycles. The summed E-state index contributed by atoms with van der Waals surface area (Å²) in [5.74, 6) is 0.941. The van der Waals surface area contributed by atoms with E-state index in [1.165, 1.54) is 6.42 Å². The van der Waals surface area contributed by atoms with Crippen LogP contribution in [0.5, 0.6) is 5.75 Å². The third-order valence-corrected chi connectivity index (χ3v) is 4.31. The topological polar surface area (TPSA) is 64.3 Å². The Balaban J connectivity index is 2.02. The molecule has 0 bridgehead atoms. The monoisotopic (exact) mass is 290 g/mol. The van der Waals surface area contributed by atoms with Crippen LogP contribution in [0.15, 0.2) is 24.3 Å². The number of hydrogen-bond acceptors (Lipinski definition) is 3. The molecule has 0 saturated heterocycles. The molecule has 4 heteroatoms. The van der Waals surface area contributed by atoms with Gasteiger partial charge in [-0.2, -0.15) is 0 Å². The van der Waals surface area contributed by atoms with Crippen molar-refractivity contribution in [3.63, 3.8) is 0 Å². The van der Waals surface area contributed by atoms with E-state index in [-0.39, 0.29) is 17.2 Å². The lowest BCUT2D eigenvalue weighted by molar-refractivity contribution is -0.124. The highest BCUT2D eigenvalue weighted by molar-refractivity contribution is 5.93. The molecule has 1 aliphatic rings. The minimum Gasteiger partial charge on any atom is -0.492 e. The van der Waals surface area contributed by atoms with E-state index < -0.39 is 0 Å². The highest BCUT2D eigenvalue weighted by Crippen LogP contribution is 2.41. The van der Waals surface area contributed by atoms with Crippen LogP contribution < -0.4 is 15.8 Å². The van der Waals surface area contributed by atoms with Gasteiger partial charge in [-0.1, -0.05) is 32.8 Å². The third kappa shape index (κ3) is 4.21. The van der Waals surface area contributed by atoms with Crippen molar-refractivity contribution in [3.8, 4) is 5.75 Å². The SMILES string of the molecule is CC1(C)CCCCC1C(=O)Nc1cccc(OCCN)c1. The predicted molar refractivity (Wildman–Crippen MR) is 85.4 cm³/mol. The van der Waals surface area contributed by atoms with E-state index in [2.05, 4.69) is 19.2 Å². The summed E-state index contributed by atoms with van der Waals surface area (Å²) in [4.78, 5) is 12.5. The van der Waals surface area contributed by atoms with Gasteiger partial charge < -0.3 is 15.8 Å². The third-order valence-electron chi connectivity index (χ3n) is 4.31. The standard InChI is InChI=1S/C17H26N2O2/c1-17(2)9-4-3-8-15(17)16(20)19-13-6-5-7-14(12-13)21-11-10-18/h5-7,12,15H,3-4,8-11,18H2,1-2H3,(H,19,20). The van der Waals surface area contributed by atoms with Gasteiger partial charge in [0.05, 0.1) is 0 Å². The van der Waals surface area contributed by atoms with Crippen molar-refractivity contribution in [1.29, 1.82) is 0 Å². The molecule has 0 heterocycles. The Labute approximate surface area is 127 Å². The average molecular weight is 290 g/mol. The summed E-state index contributed by atoms with van der Waals surface area (Å²) in [5, 5.41) is 3.03. The molecular weight excluding hydrogens is 264 g/mol. The van der Waals surface area contributed by atoms with Gasteiger partial charge in [0.1, 0.15) is 12.4 Å². The summed E-state index contributed by atoms with van der Waals surface area (Å²) >= 11 is 0. The maximum Gasteiger partial charge on any atom is 0.228 e. The molecule has 1 unspecified atom stereocenters. The van der Waals surface area contributed by atoms with Crippen molar-refractivity contribution in [2.45, 2.75) is 39.5 Å². The predicted octanol–water partition coefficient (Wildman–Crippen LogP) is 3.18.